The molecule has 1 saturated heterocycles. The number of rotatable bonds is 3. The normalized spacial score (nSPS) is 42.2. The van der Waals surface area contributed by atoms with Crippen molar-refractivity contribution in [1.29, 1.82) is 0 Å². The molecule has 2 aliphatic carbocycles. The predicted molar refractivity (Wildman–Crippen MR) is 96.3 cm³/mol. The van der Waals surface area contributed by atoms with Crippen LogP contribution in [0.4, 0.5) is 0 Å². The average molecular weight is 415 g/mol. The van der Waals surface area contributed by atoms with E-state index in [1.54, 1.807) is 0 Å². The third-order valence-corrected chi connectivity index (χ3v) is 6.47. The summed E-state index contributed by atoms with van der Waals surface area (Å²) < 4.78 is 18.4. The summed E-state index contributed by atoms with van der Waals surface area (Å²) >= 11 is 3.32. The summed E-state index contributed by atoms with van der Waals surface area (Å²) in [6.07, 6.45) is 2.94. The standard InChI is InChI=1S/C19H27BrO5/c1-10-8-14-13(15(22)9-20)7-6-11(2)19(14)17(16(10)23-12(3)21)24-18(4,5)25-19/h8,11,13-14,16-17H,6-7,9H2,1-5H3/t11-,13+,14-,16+,17-,19-/m0/s1. The molecule has 0 bridgehead atoms. The van der Waals surface area contributed by atoms with Gasteiger partial charge in [-0.1, -0.05) is 28.9 Å². The second-order valence-electron chi connectivity index (χ2n) is 8.05. The lowest BCUT2D eigenvalue weighted by Crippen LogP contribution is -2.63. The molecule has 0 radical (unpaired) electrons. The van der Waals surface area contributed by atoms with Crippen molar-refractivity contribution < 1.29 is 23.8 Å². The lowest BCUT2D eigenvalue weighted by Gasteiger charge is -2.53. The predicted octanol–water partition coefficient (Wildman–Crippen LogP) is 3.39. The van der Waals surface area contributed by atoms with E-state index in [0.717, 1.165) is 18.4 Å². The maximum Gasteiger partial charge on any atom is 0.303 e. The van der Waals surface area contributed by atoms with Crippen molar-refractivity contribution in [3.8, 4) is 0 Å². The second kappa shape index (κ2) is 6.46. The minimum atomic E-state index is -0.784. The van der Waals surface area contributed by atoms with E-state index >= 15 is 0 Å². The van der Waals surface area contributed by atoms with Crippen molar-refractivity contribution >= 4 is 27.7 Å². The molecule has 3 rings (SSSR count). The number of halogens is 1. The van der Waals surface area contributed by atoms with Gasteiger partial charge in [0.05, 0.1) is 5.33 Å². The van der Waals surface area contributed by atoms with Gasteiger partial charge in [0.2, 0.25) is 0 Å². The number of hydrogen-bond acceptors (Lipinski definition) is 5. The molecular formula is C19H27BrO5. The first-order valence-corrected chi connectivity index (χ1v) is 10.1. The van der Waals surface area contributed by atoms with Gasteiger partial charge in [-0.05, 0) is 45.1 Å². The molecule has 0 amide bonds. The van der Waals surface area contributed by atoms with E-state index in [9.17, 15) is 9.59 Å². The molecule has 1 spiro atoms. The Morgan fingerprint density at radius 3 is 2.64 bits per heavy atom. The lowest BCUT2D eigenvalue weighted by molar-refractivity contribution is -0.196. The van der Waals surface area contributed by atoms with E-state index in [1.807, 2.05) is 20.8 Å². The third kappa shape index (κ3) is 3.00. The molecule has 6 atom stereocenters. The van der Waals surface area contributed by atoms with Crippen LogP contribution in [0.1, 0.15) is 47.5 Å². The van der Waals surface area contributed by atoms with Gasteiger partial charge in [-0.15, -0.1) is 0 Å². The number of esters is 1. The Morgan fingerprint density at radius 1 is 1.36 bits per heavy atom. The fraction of sp³-hybridized carbons (Fsp3) is 0.789. The molecule has 1 aliphatic heterocycles. The molecule has 1 saturated carbocycles. The highest BCUT2D eigenvalue weighted by atomic mass is 79.9. The number of carbonyl (C=O) groups excluding carboxylic acids is 2. The van der Waals surface area contributed by atoms with Crippen LogP contribution in [0.2, 0.25) is 0 Å². The van der Waals surface area contributed by atoms with Gasteiger partial charge in [-0.25, -0.2) is 0 Å². The van der Waals surface area contributed by atoms with E-state index in [4.69, 9.17) is 14.2 Å². The number of alkyl halides is 1. The van der Waals surface area contributed by atoms with Crippen molar-refractivity contribution in [2.45, 2.75) is 71.1 Å². The number of carbonyl (C=O) groups is 2. The Hall–Kier alpha value is -0.720. The topological polar surface area (TPSA) is 61.8 Å². The van der Waals surface area contributed by atoms with Crippen LogP contribution in [0.3, 0.4) is 0 Å². The van der Waals surface area contributed by atoms with E-state index in [0.29, 0.717) is 5.33 Å². The zero-order chi connectivity index (χ0) is 18.6. The summed E-state index contributed by atoms with van der Waals surface area (Å²) in [6.45, 7) is 9.29. The summed E-state index contributed by atoms with van der Waals surface area (Å²) in [5.74, 6) is -0.905. The highest BCUT2D eigenvalue weighted by molar-refractivity contribution is 9.09. The molecular weight excluding hydrogens is 388 g/mol. The zero-order valence-corrected chi connectivity index (χ0v) is 17.1. The summed E-state index contributed by atoms with van der Waals surface area (Å²) in [7, 11) is 0. The highest BCUT2D eigenvalue weighted by Gasteiger charge is 2.67. The number of hydrogen-bond donors (Lipinski definition) is 0. The van der Waals surface area contributed by atoms with Gasteiger partial charge in [0, 0.05) is 18.8 Å². The van der Waals surface area contributed by atoms with Crippen LogP contribution in [-0.4, -0.2) is 40.7 Å². The molecule has 2 fully saturated rings. The van der Waals surface area contributed by atoms with Crippen LogP contribution < -0.4 is 0 Å². The van der Waals surface area contributed by atoms with E-state index < -0.39 is 23.6 Å². The van der Waals surface area contributed by atoms with Gasteiger partial charge in [0.1, 0.15) is 17.5 Å². The molecule has 0 unspecified atom stereocenters. The molecule has 6 heteroatoms. The average Bonchev–Trinajstić information content (AvgIpc) is 2.81. The van der Waals surface area contributed by atoms with Crippen molar-refractivity contribution in [3.05, 3.63) is 11.6 Å². The maximum atomic E-state index is 12.6. The third-order valence-electron chi connectivity index (χ3n) is 5.92. The maximum absolute atomic E-state index is 12.6. The van der Waals surface area contributed by atoms with Crippen LogP contribution in [0, 0.1) is 17.8 Å². The van der Waals surface area contributed by atoms with Crippen LogP contribution in [0.5, 0.6) is 0 Å². The molecule has 0 aromatic heterocycles. The Balaban J connectivity index is 2.12. The molecule has 5 nitrogen and oxygen atoms in total. The van der Waals surface area contributed by atoms with Crippen LogP contribution in [0.15, 0.2) is 11.6 Å². The number of ketones is 1. The summed E-state index contributed by atoms with van der Waals surface area (Å²) in [5.41, 5.74) is 0.285. The molecule has 140 valence electrons. The van der Waals surface area contributed by atoms with Crippen molar-refractivity contribution in [2.24, 2.45) is 17.8 Å². The van der Waals surface area contributed by atoms with E-state index in [2.05, 4.69) is 28.9 Å². The molecule has 3 aliphatic rings. The lowest BCUT2D eigenvalue weighted by atomic mass is 9.57. The monoisotopic (exact) mass is 414 g/mol. The first kappa shape index (κ1) is 19.1. The number of ether oxygens (including phenoxy) is 3. The first-order chi connectivity index (χ1) is 11.6. The fourth-order valence-corrected chi connectivity index (χ4v) is 5.39. The summed E-state index contributed by atoms with van der Waals surface area (Å²) in [6, 6.07) is 0. The zero-order valence-electron chi connectivity index (χ0n) is 15.5. The summed E-state index contributed by atoms with van der Waals surface area (Å²) in [4.78, 5) is 24.2. The van der Waals surface area contributed by atoms with Crippen LogP contribution >= 0.6 is 15.9 Å². The quantitative estimate of drug-likeness (QED) is 0.402. The van der Waals surface area contributed by atoms with Gasteiger partial charge in [0.15, 0.2) is 11.9 Å². The van der Waals surface area contributed by atoms with Gasteiger partial charge in [-0.2, -0.15) is 0 Å². The largest absolute Gasteiger partial charge is 0.455 e. The summed E-state index contributed by atoms with van der Waals surface area (Å²) in [5, 5.41) is 0.341. The second-order valence-corrected chi connectivity index (χ2v) is 8.61. The minimum absolute atomic E-state index is 0.0696. The van der Waals surface area contributed by atoms with E-state index in [-0.39, 0.29) is 29.5 Å². The number of Topliss-reactive ketones (excluding diaryl/α,β-unsaturated/α-hetero) is 1. The minimum Gasteiger partial charge on any atom is -0.455 e. The van der Waals surface area contributed by atoms with Gasteiger partial charge >= 0.3 is 5.97 Å². The van der Waals surface area contributed by atoms with Crippen LogP contribution in [-0.2, 0) is 23.8 Å². The fourth-order valence-electron chi connectivity index (χ4n) is 4.98. The highest BCUT2D eigenvalue weighted by Crippen LogP contribution is 2.58. The van der Waals surface area contributed by atoms with E-state index in [1.165, 1.54) is 6.92 Å². The van der Waals surface area contributed by atoms with Crippen molar-refractivity contribution in [3.63, 3.8) is 0 Å². The van der Waals surface area contributed by atoms with Gasteiger partial charge in [-0.3, -0.25) is 9.59 Å². The molecule has 0 N–H and O–H groups in total. The molecule has 0 aromatic rings. The first-order valence-electron chi connectivity index (χ1n) is 8.94. The smallest absolute Gasteiger partial charge is 0.303 e. The molecule has 1 heterocycles. The molecule has 25 heavy (non-hydrogen) atoms. The Bertz CT molecular complexity index is 613. The Kier molecular flexibility index (Phi) is 4.93. The SMILES string of the molecule is CC(=O)O[C@@H]1C(C)=C[C@H]2[C@H](C(=O)CBr)CC[C@H](C)[C@]23OC(C)(C)O[C@@H]13. The Morgan fingerprint density at radius 2 is 2.04 bits per heavy atom. The van der Waals surface area contributed by atoms with Crippen molar-refractivity contribution in [2.75, 3.05) is 5.33 Å². The van der Waals surface area contributed by atoms with Gasteiger partial charge in [0.25, 0.3) is 0 Å². The Labute approximate surface area is 157 Å². The van der Waals surface area contributed by atoms with Gasteiger partial charge < -0.3 is 14.2 Å². The van der Waals surface area contributed by atoms with Crippen LogP contribution in [0.25, 0.3) is 0 Å². The molecule has 0 aromatic carbocycles. The van der Waals surface area contributed by atoms with Crippen molar-refractivity contribution in [1.82, 2.24) is 0 Å².